The van der Waals surface area contributed by atoms with Crippen molar-refractivity contribution in [2.24, 2.45) is 15.3 Å². The number of hydrazone groups is 1. The van der Waals surface area contributed by atoms with Crippen molar-refractivity contribution in [3.63, 3.8) is 0 Å². The van der Waals surface area contributed by atoms with E-state index in [1.807, 2.05) is 36.4 Å². The molecular formula is C19H16N6O. The lowest BCUT2D eigenvalue weighted by molar-refractivity contribution is 0.252. The van der Waals surface area contributed by atoms with Crippen molar-refractivity contribution >= 4 is 29.3 Å². The number of carbonyl (C=O) groups excluding carboxylic acids is 1. The lowest BCUT2D eigenvalue weighted by Gasteiger charge is -2.04. The van der Waals surface area contributed by atoms with Crippen LogP contribution in [0.15, 0.2) is 94.5 Å². The smallest absolute Gasteiger partial charge is 0.307 e. The van der Waals surface area contributed by atoms with Crippen LogP contribution in [0, 0.1) is 0 Å². The zero-order valence-corrected chi connectivity index (χ0v) is 13.8. The minimum Gasteiger partial charge on any atom is -0.307 e. The lowest BCUT2D eigenvalue weighted by Crippen LogP contribution is -2.24. The molecule has 3 aromatic rings. The van der Waals surface area contributed by atoms with Crippen molar-refractivity contribution in [1.29, 1.82) is 0 Å². The Hall–Kier alpha value is -3.87. The van der Waals surface area contributed by atoms with E-state index in [0.29, 0.717) is 11.4 Å². The van der Waals surface area contributed by atoms with Crippen LogP contribution in [0.4, 0.5) is 21.9 Å². The number of aromatic nitrogens is 1. The van der Waals surface area contributed by atoms with E-state index >= 15 is 0 Å². The van der Waals surface area contributed by atoms with Gasteiger partial charge in [0.1, 0.15) is 0 Å². The van der Waals surface area contributed by atoms with Gasteiger partial charge < -0.3 is 5.32 Å². The summed E-state index contributed by atoms with van der Waals surface area (Å²) in [6, 6.07) is 19.7. The molecule has 1 aromatic heterocycles. The maximum absolute atomic E-state index is 11.8. The Morgan fingerprint density at radius 3 is 2.31 bits per heavy atom. The summed E-state index contributed by atoms with van der Waals surface area (Å²) in [6.07, 6.45) is 4.83. The zero-order chi connectivity index (χ0) is 18.0. The molecular weight excluding hydrogens is 328 g/mol. The summed E-state index contributed by atoms with van der Waals surface area (Å²) in [6.45, 7) is 0. The van der Waals surface area contributed by atoms with Gasteiger partial charge in [-0.1, -0.05) is 24.3 Å². The topological polar surface area (TPSA) is 91.1 Å². The number of urea groups is 1. The first-order valence-corrected chi connectivity index (χ1v) is 7.86. The Morgan fingerprint density at radius 1 is 0.885 bits per heavy atom. The van der Waals surface area contributed by atoms with Crippen molar-refractivity contribution in [3.05, 3.63) is 84.7 Å². The summed E-state index contributed by atoms with van der Waals surface area (Å²) in [5.74, 6) is 0. The Bertz CT molecular complexity index is 892. The van der Waals surface area contributed by atoms with E-state index < -0.39 is 6.03 Å². The van der Waals surface area contributed by atoms with Crippen LogP contribution < -0.4 is 10.7 Å². The number of pyridine rings is 1. The highest BCUT2D eigenvalue weighted by Crippen LogP contribution is 2.19. The first kappa shape index (κ1) is 17.0. The molecule has 2 amide bonds. The number of nitrogens with zero attached hydrogens (tertiary/aromatic N) is 4. The summed E-state index contributed by atoms with van der Waals surface area (Å²) >= 11 is 0. The van der Waals surface area contributed by atoms with Crippen LogP contribution in [0.25, 0.3) is 0 Å². The van der Waals surface area contributed by atoms with Crippen LogP contribution in [-0.2, 0) is 0 Å². The van der Waals surface area contributed by atoms with Gasteiger partial charge in [0.05, 0.1) is 17.6 Å². The van der Waals surface area contributed by atoms with Crippen LogP contribution in [0.3, 0.4) is 0 Å². The van der Waals surface area contributed by atoms with Crippen LogP contribution in [0.1, 0.15) is 5.56 Å². The highest BCUT2D eigenvalue weighted by Gasteiger charge is 2.00. The molecule has 0 spiro atoms. The van der Waals surface area contributed by atoms with E-state index in [4.69, 9.17) is 0 Å². The number of carbonyl (C=O) groups is 1. The van der Waals surface area contributed by atoms with Gasteiger partial charge in [-0.25, -0.2) is 10.2 Å². The maximum atomic E-state index is 11.8. The van der Waals surface area contributed by atoms with Gasteiger partial charge in [-0.2, -0.15) is 15.3 Å². The fourth-order valence-electron chi connectivity index (χ4n) is 2.00. The summed E-state index contributed by atoms with van der Waals surface area (Å²) in [7, 11) is 0. The van der Waals surface area contributed by atoms with Gasteiger partial charge in [-0.15, -0.1) is 0 Å². The van der Waals surface area contributed by atoms with E-state index in [9.17, 15) is 4.79 Å². The van der Waals surface area contributed by atoms with Crippen molar-refractivity contribution in [2.45, 2.75) is 0 Å². The zero-order valence-electron chi connectivity index (χ0n) is 13.8. The van der Waals surface area contributed by atoms with Gasteiger partial charge in [0.15, 0.2) is 0 Å². The Balaban J connectivity index is 1.51. The minimum absolute atomic E-state index is 0.441. The Kier molecular flexibility index (Phi) is 5.77. The highest BCUT2D eigenvalue weighted by molar-refractivity contribution is 5.90. The van der Waals surface area contributed by atoms with Gasteiger partial charge in [0, 0.05) is 23.6 Å². The monoisotopic (exact) mass is 344 g/mol. The van der Waals surface area contributed by atoms with Crippen molar-refractivity contribution in [3.8, 4) is 0 Å². The Labute approximate surface area is 150 Å². The molecule has 0 saturated heterocycles. The normalized spacial score (nSPS) is 10.9. The van der Waals surface area contributed by atoms with E-state index in [1.54, 1.807) is 42.7 Å². The minimum atomic E-state index is -0.441. The molecule has 0 atom stereocenters. The fourth-order valence-corrected chi connectivity index (χ4v) is 2.00. The van der Waals surface area contributed by atoms with Gasteiger partial charge in [0.2, 0.25) is 0 Å². The maximum Gasteiger partial charge on any atom is 0.339 e. The number of rotatable bonds is 5. The largest absolute Gasteiger partial charge is 0.339 e. The van der Waals surface area contributed by atoms with E-state index in [1.165, 1.54) is 6.21 Å². The second-order valence-corrected chi connectivity index (χ2v) is 5.19. The average Bonchev–Trinajstić information content (AvgIpc) is 2.69. The van der Waals surface area contributed by atoms with Crippen LogP contribution in [0.2, 0.25) is 0 Å². The molecule has 2 aromatic carbocycles. The van der Waals surface area contributed by atoms with Crippen molar-refractivity contribution in [2.75, 3.05) is 5.32 Å². The SMILES string of the molecule is O=C(NN=Cc1cccnc1)Nc1ccc(N=Nc2ccccc2)cc1. The number of hydrogen-bond donors (Lipinski definition) is 2. The number of azo groups is 1. The molecule has 3 rings (SSSR count). The molecule has 128 valence electrons. The molecule has 0 unspecified atom stereocenters. The molecule has 0 fully saturated rings. The second kappa shape index (κ2) is 8.84. The van der Waals surface area contributed by atoms with E-state index in [2.05, 4.69) is 31.1 Å². The number of benzene rings is 2. The van der Waals surface area contributed by atoms with Gasteiger partial charge >= 0.3 is 6.03 Å². The van der Waals surface area contributed by atoms with Crippen LogP contribution in [-0.4, -0.2) is 17.2 Å². The summed E-state index contributed by atoms with van der Waals surface area (Å²) < 4.78 is 0. The van der Waals surface area contributed by atoms with Crippen LogP contribution in [0.5, 0.6) is 0 Å². The quantitative estimate of drug-likeness (QED) is 0.400. The third-order valence-electron chi connectivity index (χ3n) is 3.23. The molecule has 7 nitrogen and oxygen atoms in total. The first-order valence-electron chi connectivity index (χ1n) is 7.86. The van der Waals surface area contributed by atoms with E-state index in [0.717, 1.165) is 11.3 Å². The summed E-state index contributed by atoms with van der Waals surface area (Å²) in [5.41, 5.74) is 5.27. The molecule has 0 aliphatic carbocycles. The number of nitrogens with one attached hydrogen (secondary N) is 2. The molecule has 1 heterocycles. The number of anilines is 1. The first-order chi connectivity index (χ1) is 12.8. The molecule has 26 heavy (non-hydrogen) atoms. The molecule has 0 saturated carbocycles. The summed E-state index contributed by atoms with van der Waals surface area (Å²) in [5, 5.41) is 14.8. The average molecular weight is 344 g/mol. The number of hydrogen-bond acceptors (Lipinski definition) is 5. The molecule has 0 radical (unpaired) electrons. The van der Waals surface area contributed by atoms with Crippen molar-refractivity contribution in [1.82, 2.24) is 10.4 Å². The predicted molar refractivity (Wildman–Crippen MR) is 101 cm³/mol. The van der Waals surface area contributed by atoms with Gasteiger partial charge in [-0.05, 0) is 42.5 Å². The molecule has 0 aliphatic heterocycles. The Morgan fingerprint density at radius 2 is 1.62 bits per heavy atom. The molecule has 2 N–H and O–H groups in total. The van der Waals surface area contributed by atoms with Gasteiger partial charge in [0.25, 0.3) is 0 Å². The van der Waals surface area contributed by atoms with Crippen molar-refractivity contribution < 1.29 is 4.79 Å². The predicted octanol–water partition coefficient (Wildman–Crippen LogP) is 4.65. The fraction of sp³-hybridized carbons (Fsp3) is 0. The molecule has 0 aliphatic rings. The summed E-state index contributed by atoms with van der Waals surface area (Å²) in [4.78, 5) is 15.8. The molecule has 0 bridgehead atoms. The third kappa shape index (κ3) is 5.34. The third-order valence-corrected chi connectivity index (χ3v) is 3.23. The highest BCUT2D eigenvalue weighted by atomic mass is 16.2. The lowest BCUT2D eigenvalue weighted by atomic mass is 10.3. The molecule has 7 heteroatoms. The van der Waals surface area contributed by atoms with Crippen LogP contribution >= 0.6 is 0 Å². The standard InChI is InChI=1S/C19H16N6O/c26-19(25-21-14-15-5-4-12-20-13-15)22-16-8-10-18(11-9-16)24-23-17-6-2-1-3-7-17/h1-14H,(H2,22,25,26). The second-order valence-electron chi connectivity index (χ2n) is 5.19. The van der Waals surface area contributed by atoms with E-state index in [-0.39, 0.29) is 0 Å². The van der Waals surface area contributed by atoms with Gasteiger partial charge in [-0.3, -0.25) is 4.98 Å². The number of amides is 2.